The van der Waals surface area contributed by atoms with Crippen LogP contribution in [0.5, 0.6) is 0 Å². The molecule has 4 N–H and O–H groups in total. The molecule has 2 saturated heterocycles. The number of hydrogen-bond donors (Lipinski definition) is 3. The van der Waals surface area contributed by atoms with Gasteiger partial charge in [0.05, 0.1) is 0 Å². The molecule has 5 heterocycles. The van der Waals surface area contributed by atoms with Crippen LogP contribution < -0.4 is 15.6 Å². The van der Waals surface area contributed by atoms with Crippen LogP contribution >= 0.6 is 23.1 Å². The van der Waals surface area contributed by atoms with E-state index in [2.05, 4.69) is 15.5 Å². The zero-order chi connectivity index (χ0) is 31.0. The fraction of sp³-hybridized carbons (Fsp3) is 0.414. The minimum atomic E-state index is -1.27. The fourth-order valence-corrected chi connectivity index (χ4v) is 7.62. The van der Waals surface area contributed by atoms with Crippen molar-refractivity contribution in [3.63, 3.8) is 0 Å². The Morgan fingerprint density at radius 1 is 1.30 bits per heavy atom. The summed E-state index contributed by atoms with van der Waals surface area (Å²) in [6.45, 7) is 0.951. The topological polar surface area (TPSA) is 171 Å². The van der Waals surface area contributed by atoms with Crippen LogP contribution in [-0.2, 0) is 37.6 Å². The number of amides is 3. The number of carbonyl (C=O) groups excluding carboxylic acids is 3. The summed E-state index contributed by atoms with van der Waals surface area (Å²) in [6.07, 6.45) is 7.62. The number of nitrogens with one attached hydrogen (secondary N) is 1. The Morgan fingerprint density at radius 2 is 2.09 bits per heavy atom. The number of β-lactam (4-membered cyclic amide) rings is 1. The predicted octanol–water partition coefficient (Wildman–Crippen LogP) is 1.31. The van der Waals surface area contributed by atoms with E-state index in [1.807, 2.05) is 36.0 Å². The van der Waals surface area contributed by atoms with Crippen molar-refractivity contribution in [2.45, 2.75) is 56.2 Å². The zero-order valence-corrected chi connectivity index (χ0v) is 25.6. The Kier molecular flexibility index (Phi) is 8.40. The zero-order valence-electron chi connectivity index (χ0n) is 24.0. The number of fused-ring (bicyclic) bond motifs is 1. The molecule has 0 radical (unpaired) electrons. The number of thioether (sulfide) groups is 1. The molecule has 3 amide bonds. The van der Waals surface area contributed by atoms with Gasteiger partial charge >= 0.3 is 5.97 Å². The Balaban J connectivity index is 1.17. The molecule has 4 aliphatic rings. The fourth-order valence-electron chi connectivity index (χ4n) is 5.77. The van der Waals surface area contributed by atoms with Crippen LogP contribution in [0.1, 0.15) is 43.5 Å². The molecule has 0 aromatic carbocycles. The Bertz CT molecular complexity index is 1610. The number of carbonyl (C=O) groups is 4. The SMILES string of the molecule is C[n+]1ccccc1CN1CC/C(=C\C2=C(C(=O)O)N3C(=O)[C@@H](NC(=O)/C(=N\OC4CCCC4)c4csc(N)n4)[C@H]3SC2)C1=O. The quantitative estimate of drug-likeness (QED) is 0.120. The highest BCUT2D eigenvalue weighted by molar-refractivity contribution is 8.00. The second-order valence-corrected chi connectivity index (χ2v) is 13.0. The van der Waals surface area contributed by atoms with Gasteiger partial charge in [0, 0.05) is 35.4 Å². The molecule has 230 valence electrons. The summed E-state index contributed by atoms with van der Waals surface area (Å²) in [5, 5.41) is 18.1. The highest BCUT2D eigenvalue weighted by atomic mass is 32.2. The monoisotopic (exact) mass is 638 g/mol. The highest BCUT2D eigenvalue weighted by Gasteiger charge is 2.54. The van der Waals surface area contributed by atoms with Crippen LogP contribution in [0.15, 0.2) is 57.9 Å². The van der Waals surface area contributed by atoms with Crippen molar-refractivity contribution in [3.05, 3.63) is 64.1 Å². The third-order valence-electron chi connectivity index (χ3n) is 8.14. The molecule has 1 saturated carbocycles. The lowest BCUT2D eigenvalue weighted by molar-refractivity contribution is -0.680. The molecule has 3 aliphatic heterocycles. The number of likely N-dealkylation sites (tertiary alicyclic amines) is 1. The molecule has 13 nitrogen and oxygen atoms in total. The number of carboxylic acids is 1. The van der Waals surface area contributed by atoms with E-state index in [0.29, 0.717) is 30.7 Å². The summed E-state index contributed by atoms with van der Waals surface area (Å²) in [6, 6.07) is 4.81. The van der Waals surface area contributed by atoms with E-state index in [4.69, 9.17) is 10.6 Å². The summed E-state index contributed by atoms with van der Waals surface area (Å²) < 4.78 is 1.95. The van der Waals surface area contributed by atoms with Crippen LogP contribution in [0.3, 0.4) is 0 Å². The van der Waals surface area contributed by atoms with Gasteiger partial charge in [0.1, 0.15) is 42.5 Å². The number of aryl methyl sites for hydroxylation is 1. The van der Waals surface area contributed by atoms with Gasteiger partial charge in [-0.15, -0.1) is 23.1 Å². The van der Waals surface area contributed by atoms with Crippen LogP contribution in [0.4, 0.5) is 5.13 Å². The summed E-state index contributed by atoms with van der Waals surface area (Å²) in [7, 11) is 1.92. The maximum atomic E-state index is 13.4. The minimum Gasteiger partial charge on any atom is -0.477 e. The van der Waals surface area contributed by atoms with Crippen molar-refractivity contribution in [1.29, 1.82) is 0 Å². The number of pyridine rings is 1. The molecule has 0 unspecified atom stereocenters. The number of hydrogen-bond acceptors (Lipinski definition) is 10. The largest absolute Gasteiger partial charge is 0.477 e. The molecular formula is C29H32N7O6S2+. The van der Waals surface area contributed by atoms with Crippen molar-refractivity contribution in [2.24, 2.45) is 12.2 Å². The molecule has 0 bridgehead atoms. The smallest absolute Gasteiger partial charge is 0.352 e. The number of oxime groups is 1. The van der Waals surface area contributed by atoms with E-state index < -0.39 is 29.2 Å². The highest BCUT2D eigenvalue weighted by Crippen LogP contribution is 2.41. The number of aliphatic carboxylic acids is 1. The first-order valence-electron chi connectivity index (χ1n) is 14.3. The van der Waals surface area contributed by atoms with Crippen molar-refractivity contribution >= 4 is 57.6 Å². The van der Waals surface area contributed by atoms with Crippen LogP contribution in [0.2, 0.25) is 0 Å². The van der Waals surface area contributed by atoms with Gasteiger partial charge in [-0.05, 0) is 43.8 Å². The van der Waals surface area contributed by atoms with E-state index in [-0.39, 0.29) is 40.0 Å². The lowest BCUT2D eigenvalue weighted by atomic mass is 10.0. The van der Waals surface area contributed by atoms with Crippen molar-refractivity contribution in [1.82, 2.24) is 20.1 Å². The molecule has 44 heavy (non-hydrogen) atoms. The van der Waals surface area contributed by atoms with Crippen molar-refractivity contribution in [2.75, 3.05) is 18.0 Å². The van der Waals surface area contributed by atoms with Crippen molar-refractivity contribution in [3.8, 4) is 0 Å². The van der Waals surface area contributed by atoms with E-state index in [0.717, 1.165) is 42.7 Å². The maximum Gasteiger partial charge on any atom is 0.352 e. The molecule has 1 aliphatic carbocycles. The molecule has 2 atom stereocenters. The van der Waals surface area contributed by atoms with E-state index in [9.17, 15) is 24.3 Å². The average molecular weight is 639 g/mol. The predicted molar refractivity (Wildman–Crippen MR) is 162 cm³/mol. The van der Waals surface area contributed by atoms with Crippen molar-refractivity contribution < 1.29 is 33.7 Å². The molecule has 6 rings (SSSR count). The summed E-state index contributed by atoms with van der Waals surface area (Å²) in [5.41, 5.74) is 7.60. The van der Waals surface area contributed by atoms with E-state index >= 15 is 0 Å². The third-order valence-corrected chi connectivity index (χ3v) is 10.1. The third kappa shape index (κ3) is 5.80. The maximum absolute atomic E-state index is 13.4. The van der Waals surface area contributed by atoms with Gasteiger partial charge in [0.25, 0.3) is 11.8 Å². The minimum absolute atomic E-state index is 0.0928. The second-order valence-electron chi connectivity index (χ2n) is 11.0. The number of nitrogens with zero attached hydrogens (tertiary/aromatic N) is 5. The van der Waals surface area contributed by atoms with Gasteiger partial charge in [-0.1, -0.05) is 11.2 Å². The van der Waals surface area contributed by atoms with Gasteiger partial charge in [0.15, 0.2) is 17.0 Å². The van der Waals surface area contributed by atoms with Crippen LogP contribution in [0.25, 0.3) is 0 Å². The Morgan fingerprint density at radius 3 is 2.80 bits per heavy atom. The first-order chi connectivity index (χ1) is 21.2. The number of anilines is 1. The summed E-state index contributed by atoms with van der Waals surface area (Å²) in [4.78, 5) is 65.0. The number of rotatable bonds is 9. The summed E-state index contributed by atoms with van der Waals surface area (Å²) in [5.74, 6) is -2.41. The number of thiazole rings is 1. The van der Waals surface area contributed by atoms with Gasteiger partial charge < -0.3 is 25.9 Å². The van der Waals surface area contributed by atoms with Crippen LogP contribution in [-0.4, -0.2) is 79.1 Å². The molecule has 2 aromatic rings. The second kappa shape index (κ2) is 12.4. The number of carboxylic acid groups (broad SMARTS) is 1. The molecule has 0 spiro atoms. The molecule has 2 aromatic heterocycles. The lowest BCUT2D eigenvalue weighted by Gasteiger charge is -2.49. The number of aromatic nitrogens is 2. The average Bonchev–Trinajstić information content (AvgIpc) is 3.76. The lowest BCUT2D eigenvalue weighted by Crippen LogP contribution is -2.71. The first kappa shape index (κ1) is 29.8. The van der Waals surface area contributed by atoms with Gasteiger partial charge in [0.2, 0.25) is 11.6 Å². The molecule has 3 fully saturated rings. The Hall–Kier alpha value is -4.24. The number of nitrogens with two attached hydrogens (primary N) is 1. The summed E-state index contributed by atoms with van der Waals surface area (Å²) >= 11 is 2.47. The number of allylic oxidation sites excluding steroid dienone is 1. The Labute approximate surface area is 261 Å². The van der Waals surface area contributed by atoms with Crippen LogP contribution in [0, 0.1) is 0 Å². The van der Waals surface area contributed by atoms with Gasteiger partial charge in [-0.3, -0.25) is 19.3 Å². The van der Waals surface area contributed by atoms with Gasteiger partial charge in [-0.2, -0.15) is 0 Å². The molecular weight excluding hydrogens is 606 g/mol. The van der Waals surface area contributed by atoms with Gasteiger partial charge in [-0.25, -0.2) is 14.3 Å². The standard InChI is InChI=1S/C29H31N7O6S2/c1-34-10-5-4-6-18(34)13-35-11-9-16(25(35)38)12-17-14-43-27-22(26(39)36(27)23(17)28(40)41)32-24(37)21(20-15-44-29(30)31-20)33-42-19-7-2-3-8-19/h4-6,10,12,15,19,22,27H,2-3,7-9,11,13-14H2,1H3,(H3-,30,31,32,37,40,41)/p+1/b16-12+,33-21-/t22-,27-/m1/s1. The number of nitrogen functional groups attached to an aromatic ring is 1. The molecule has 15 heteroatoms. The van der Waals surface area contributed by atoms with E-state index in [1.165, 1.54) is 16.7 Å². The normalized spacial score (nSPS) is 23.3. The van der Waals surface area contributed by atoms with E-state index in [1.54, 1.807) is 16.4 Å². The first-order valence-corrected chi connectivity index (χ1v) is 16.2.